The lowest BCUT2D eigenvalue weighted by atomic mass is 10.00. The molecule has 2 aromatic carbocycles. The van der Waals surface area contributed by atoms with Crippen molar-refractivity contribution < 1.29 is 14.3 Å². The first-order valence-electron chi connectivity index (χ1n) is 6.67. The Morgan fingerprint density at radius 2 is 1.86 bits per heavy atom. The predicted octanol–water partition coefficient (Wildman–Crippen LogP) is 2.41. The summed E-state index contributed by atoms with van der Waals surface area (Å²) < 4.78 is 4.51. The van der Waals surface area contributed by atoms with Crippen molar-refractivity contribution in [1.29, 1.82) is 0 Å². The summed E-state index contributed by atoms with van der Waals surface area (Å²) in [7, 11) is 1.31. The van der Waals surface area contributed by atoms with Crippen LogP contribution < -0.4 is 5.73 Å². The Hall–Kier alpha value is -3.06. The second-order valence-corrected chi connectivity index (χ2v) is 4.55. The number of carbonyl (C=O) groups is 2. The summed E-state index contributed by atoms with van der Waals surface area (Å²) >= 11 is 0. The summed E-state index contributed by atoms with van der Waals surface area (Å²) in [6.45, 7) is 0. The molecule has 0 heterocycles. The van der Waals surface area contributed by atoms with Gasteiger partial charge < -0.3 is 10.5 Å². The van der Waals surface area contributed by atoms with Gasteiger partial charge in [-0.15, -0.1) is 0 Å². The van der Waals surface area contributed by atoms with Gasteiger partial charge in [-0.25, -0.2) is 0 Å². The summed E-state index contributed by atoms with van der Waals surface area (Å²) in [6.07, 6.45) is 0.00282. The lowest BCUT2D eigenvalue weighted by Crippen LogP contribution is -2.05. The van der Waals surface area contributed by atoms with Crippen LogP contribution in [0.4, 0.5) is 5.69 Å². The molecular formula is C18H15NO3. The van der Waals surface area contributed by atoms with Crippen molar-refractivity contribution in [2.45, 2.75) is 6.42 Å². The molecule has 2 N–H and O–H groups in total. The molecule has 110 valence electrons. The highest BCUT2D eigenvalue weighted by Crippen LogP contribution is 2.18. The van der Waals surface area contributed by atoms with E-state index >= 15 is 0 Å². The molecule has 0 amide bonds. The van der Waals surface area contributed by atoms with Gasteiger partial charge in [0.2, 0.25) is 0 Å². The highest BCUT2D eigenvalue weighted by atomic mass is 16.5. The Labute approximate surface area is 128 Å². The average Bonchev–Trinajstić information content (AvgIpc) is 2.56. The number of nitrogen functional groups attached to an aromatic ring is 1. The highest BCUT2D eigenvalue weighted by Gasteiger charge is 2.12. The maximum absolute atomic E-state index is 12.4. The van der Waals surface area contributed by atoms with E-state index in [4.69, 9.17) is 5.73 Å². The Morgan fingerprint density at radius 3 is 2.55 bits per heavy atom. The molecule has 2 rings (SSSR count). The molecule has 0 saturated carbocycles. The van der Waals surface area contributed by atoms with Crippen molar-refractivity contribution in [3.8, 4) is 11.8 Å². The minimum absolute atomic E-state index is 0.00282. The molecule has 0 aliphatic carbocycles. The van der Waals surface area contributed by atoms with Crippen molar-refractivity contribution in [3.63, 3.8) is 0 Å². The number of hydrogen-bond donors (Lipinski definition) is 1. The van der Waals surface area contributed by atoms with Crippen molar-refractivity contribution in [2.24, 2.45) is 0 Å². The van der Waals surface area contributed by atoms with Gasteiger partial charge in [0.05, 0.1) is 7.11 Å². The summed E-state index contributed by atoms with van der Waals surface area (Å²) in [4.78, 5) is 23.5. The van der Waals surface area contributed by atoms with Crippen LogP contribution in [0, 0.1) is 11.8 Å². The van der Waals surface area contributed by atoms with E-state index < -0.39 is 5.97 Å². The largest absolute Gasteiger partial charge is 0.468 e. The van der Waals surface area contributed by atoms with E-state index in [2.05, 4.69) is 16.6 Å². The second kappa shape index (κ2) is 7.09. The quantitative estimate of drug-likeness (QED) is 0.408. The van der Waals surface area contributed by atoms with E-state index in [1.165, 1.54) is 7.11 Å². The molecule has 0 atom stereocenters. The Balaban J connectivity index is 2.28. The van der Waals surface area contributed by atoms with Crippen molar-refractivity contribution >= 4 is 17.4 Å². The van der Waals surface area contributed by atoms with E-state index in [0.717, 1.165) is 0 Å². The molecule has 0 radical (unpaired) electrons. The van der Waals surface area contributed by atoms with Crippen molar-refractivity contribution in [2.75, 3.05) is 12.8 Å². The van der Waals surface area contributed by atoms with Crippen LogP contribution in [0.25, 0.3) is 0 Å². The van der Waals surface area contributed by atoms with Crippen LogP contribution in [-0.4, -0.2) is 18.9 Å². The predicted molar refractivity (Wildman–Crippen MR) is 84.2 cm³/mol. The fraction of sp³-hybridized carbons (Fsp3) is 0.111. The summed E-state index contributed by atoms with van der Waals surface area (Å²) in [6, 6.07) is 13.9. The molecule has 22 heavy (non-hydrogen) atoms. The van der Waals surface area contributed by atoms with Gasteiger partial charge in [-0.2, -0.15) is 0 Å². The van der Waals surface area contributed by atoms with Gasteiger partial charge in [0, 0.05) is 22.4 Å². The fourth-order valence-electron chi connectivity index (χ4n) is 1.87. The molecule has 0 aliphatic heterocycles. The van der Waals surface area contributed by atoms with E-state index in [-0.39, 0.29) is 12.2 Å². The van der Waals surface area contributed by atoms with E-state index in [9.17, 15) is 9.59 Å². The molecule has 0 bridgehead atoms. The number of hydrogen-bond acceptors (Lipinski definition) is 4. The van der Waals surface area contributed by atoms with Crippen LogP contribution in [0.1, 0.15) is 27.9 Å². The van der Waals surface area contributed by atoms with E-state index in [1.54, 1.807) is 42.5 Å². The molecule has 0 saturated heterocycles. The van der Waals surface area contributed by atoms with Crippen molar-refractivity contribution in [3.05, 3.63) is 65.2 Å². The molecule has 2 aromatic rings. The lowest BCUT2D eigenvalue weighted by Gasteiger charge is -2.05. The minimum Gasteiger partial charge on any atom is -0.468 e. The summed E-state index contributed by atoms with van der Waals surface area (Å²) in [5.41, 5.74) is 7.86. The minimum atomic E-state index is -0.400. The third-order valence-corrected chi connectivity index (χ3v) is 3.03. The lowest BCUT2D eigenvalue weighted by molar-refractivity contribution is -0.139. The molecular weight excluding hydrogens is 278 g/mol. The zero-order valence-electron chi connectivity index (χ0n) is 12.1. The number of nitrogens with two attached hydrogens (primary N) is 1. The monoisotopic (exact) mass is 293 g/mol. The number of ketones is 1. The number of esters is 1. The number of rotatable bonds is 3. The van der Waals surface area contributed by atoms with E-state index in [1.807, 2.05) is 6.07 Å². The van der Waals surface area contributed by atoms with E-state index in [0.29, 0.717) is 22.4 Å². The SMILES string of the molecule is COC(=O)CC#Cc1ccc(N)c(C(=O)c2ccccc2)c1. The van der Waals surface area contributed by atoms with Gasteiger partial charge >= 0.3 is 5.97 Å². The van der Waals surface area contributed by atoms with Crippen LogP contribution in [0.2, 0.25) is 0 Å². The number of benzene rings is 2. The number of methoxy groups -OCH3 is 1. The van der Waals surface area contributed by atoms with Gasteiger partial charge in [0.15, 0.2) is 5.78 Å². The summed E-state index contributed by atoms with van der Waals surface area (Å²) in [5, 5.41) is 0. The van der Waals surface area contributed by atoms with Gasteiger partial charge in [-0.1, -0.05) is 42.2 Å². The smallest absolute Gasteiger partial charge is 0.317 e. The summed E-state index contributed by atoms with van der Waals surface area (Å²) in [5.74, 6) is 4.97. The fourth-order valence-corrected chi connectivity index (χ4v) is 1.87. The Kier molecular flexibility index (Phi) is 4.94. The zero-order chi connectivity index (χ0) is 15.9. The number of ether oxygens (including phenoxy) is 1. The van der Waals surface area contributed by atoms with Gasteiger partial charge in [0.25, 0.3) is 0 Å². The van der Waals surface area contributed by atoms with Crippen LogP contribution >= 0.6 is 0 Å². The Morgan fingerprint density at radius 1 is 1.14 bits per heavy atom. The molecule has 0 aliphatic rings. The van der Waals surface area contributed by atoms with Gasteiger partial charge in [-0.3, -0.25) is 9.59 Å². The zero-order valence-corrected chi connectivity index (χ0v) is 12.1. The highest BCUT2D eigenvalue weighted by molar-refractivity contribution is 6.12. The molecule has 0 unspecified atom stereocenters. The molecule has 0 aromatic heterocycles. The van der Waals surface area contributed by atoms with Gasteiger partial charge in [0.1, 0.15) is 6.42 Å². The standard InChI is InChI=1S/C18H15NO3/c1-22-17(20)9-5-6-13-10-11-16(19)15(12-13)18(21)14-7-3-2-4-8-14/h2-4,7-8,10-12H,9,19H2,1H3. The van der Waals surface area contributed by atoms with Crippen LogP contribution in [0.3, 0.4) is 0 Å². The van der Waals surface area contributed by atoms with Crippen LogP contribution in [0.15, 0.2) is 48.5 Å². The third kappa shape index (κ3) is 3.74. The number of anilines is 1. The maximum atomic E-state index is 12.4. The van der Waals surface area contributed by atoms with Crippen molar-refractivity contribution in [1.82, 2.24) is 0 Å². The average molecular weight is 293 g/mol. The normalized spacial score (nSPS) is 9.50. The molecule has 4 nitrogen and oxygen atoms in total. The Bertz CT molecular complexity index is 755. The first kappa shape index (κ1) is 15.3. The van der Waals surface area contributed by atoms with Gasteiger partial charge in [-0.05, 0) is 18.2 Å². The third-order valence-electron chi connectivity index (χ3n) is 3.03. The molecule has 0 fully saturated rings. The number of carbonyl (C=O) groups excluding carboxylic acids is 2. The first-order chi connectivity index (χ1) is 10.6. The van der Waals surface area contributed by atoms with Crippen LogP contribution in [0.5, 0.6) is 0 Å². The van der Waals surface area contributed by atoms with Crippen LogP contribution in [-0.2, 0) is 9.53 Å². The maximum Gasteiger partial charge on any atom is 0.317 e. The molecule has 0 spiro atoms. The molecule has 4 heteroatoms. The first-order valence-corrected chi connectivity index (χ1v) is 6.67. The topological polar surface area (TPSA) is 69.4 Å². The second-order valence-electron chi connectivity index (χ2n) is 4.55.